The third-order valence-electron chi connectivity index (χ3n) is 3.17. The van der Waals surface area contributed by atoms with E-state index in [1.54, 1.807) is 7.11 Å². The molecule has 1 N–H and O–H groups in total. The van der Waals surface area contributed by atoms with Gasteiger partial charge >= 0.3 is 0 Å². The molecule has 20 heavy (non-hydrogen) atoms. The molecule has 0 aliphatic rings. The molecule has 0 aliphatic heterocycles. The Morgan fingerprint density at radius 3 is 2.85 bits per heavy atom. The minimum atomic E-state index is 0.559. The zero-order chi connectivity index (χ0) is 14.2. The van der Waals surface area contributed by atoms with E-state index in [0.717, 1.165) is 41.8 Å². The first-order chi connectivity index (χ1) is 9.86. The molecule has 0 fully saturated rings. The van der Waals surface area contributed by atoms with Crippen LogP contribution in [0.15, 0.2) is 28.7 Å². The van der Waals surface area contributed by atoms with Gasteiger partial charge in [0.15, 0.2) is 0 Å². The van der Waals surface area contributed by atoms with Crippen molar-refractivity contribution in [2.45, 2.75) is 26.5 Å². The first kappa shape index (κ1) is 15.0. The summed E-state index contributed by atoms with van der Waals surface area (Å²) < 4.78 is 16.6. The number of fused-ring (bicyclic) bond motifs is 1. The monoisotopic (exact) mass is 277 g/mol. The van der Waals surface area contributed by atoms with Crippen LogP contribution >= 0.6 is 0 Å². The highest BCUT2D eigenvalue weighted by atomic mass is 16.5. The van der Waals surface area contributed by atoms with E-state index in [9.17, 15) is 0 Å². The van der Waals surface area contributed by atoms with E-state index in [2.05, 4.69) is 18.3 Å². The fourth-order valence-electron chi connectivity index (χ4n) is 2.15. The van der Waals surface area contributed by atoms with E-state index >= 15 is 0 Å². The molecule has 2 aromatic rings. The SMILES string of the molecule is CCCNCc1oc2ccccc2c1COCCOC. The lowest BCUT2D eigenvalue weighted by atomic mass is 10.1. The van der Waals surface area contributed by atoms with E-state index in [4.69, 9.17) is 13.9 Å². The summed E-state index contributed by atoms with van der Waals surface area (Å²) in [6.07, 6.45) is 1.11. The van der Waals surface area contributed by atoms with Gasteiger partial charge in [0.05, 0.1) is 26.4 Å². The lowest BCUT2D eigenvalue weighted by Crippen LogP contribution is -2.14. The molecule has 0 aliphatic carbocycles. The Morgan fingerprint density at radius 1 is 1.20 bits per heavy atom. The Labute approximate surface area is 120 Å². The van der Waals surface area contributed by atoms with Crippen molar-refractivity contribution >= 4 is 11.0 Å². The summed E-state index contributed by atoms with van der Waals surface area (Å²) in [5, 5.41) is 4.52. The Balaban J connectivity index is 2.11. The molecule has 4 heteroatoms. The Bertz CT molecular complexity index is 521. The third kappa shape index (κ3) is 3.82. The number of benzene rings is 1. The van der Waals surface area contributed by atoms with Crippen LogP contribution in [0.1, 0.15) is 24.7 Å². The molecular weight excluding hydrogens is 254 g/mol. The standard InChI is InChI=1S/C16H23NO3/c1-3-8-17-11-16-14(12-19-10-9-18-2)13-6-4-5-7-15(13)20-16/h4-7,17H,3,8-12H2,1-2H3. The average Bonchev–Trinajstić information content (AvgIpc) is 2.82. The smallest absolute Gasteiger partial charge is 0.134 e. The van der Waals surface area contributed by atoms with Gasteiger partial charge in [-0.2, -0.15) is 0 Å². The molecule has 1 aromatic heterocycles. The first-order valence-electron chi connectivity index (χ1n) is 7.13. The molecular formula is C16H23NO3. The van der Waals surface area contributed by atoms with Gasteiger partial charge < -0.3 is 19.2 Å². The van der Waals surface area contributed by atoms with Crippen LogP contribution in [0.4, 0.5) is 0 Å². The summed E-state index contributed by atoms with van der Waals surface area (Å²) >= 11 is 0. The summed E-state index contributed by atoms with van der Waals surface area (Å²) in [4.78, 5) is 0. The molecule has 2 rings (SSSR count). The van der Waals surface area contributed by atoms with Gasteiger partial charge in [0.1, 0.15) is 11.3 Å². The third-order valence-corrected chi connectivity index (χ3v) is 3.17. The molecule has 0 radical (unpaired) electrons. The summed E-state index contributed by atoms with van der Waals surface area (Å²) in [7, 11) is 1.68. The number of para-hydroxylation sites is 1. The minimum absolute atomic E-state index is 0.559. The van der Waals surface area contributed by atoms with Crippen molar-refractivity contribution in [3.05, 3.63) is 35.6 Å². The van der Waals surface area contributed by atoms with Crippen molar-refractivity contribution in [3.8, 4) is 0 Å². The van der Waals surface area contributed by atoms with Gasteiger partial charge in [0.25, 0.3) is 0 Å². The molecule has 110 valence electrons. The number of hydrogen-bond donors (Lipinski definition) is 1. The molecule has 4 nitrogen and oxygen atoms in total. The number of hydrogen-bond acceptors (Lipinski definition) is 4. The molecule has 0 saturated carbocycles. The predicted molar refractivity (Wildman–Crippen MR) is 79.7 cm³/mol. The molecule has 1 heterocycles. The summed E-state index contributed by atoms with van der Waals surface area (Å²) in [5.74, 6) is 0.970. The van der Waals surface area contributed by atoms with Crippen LogP contribution in [0.3, 0.4) is 0 Å². The number of ether oxygens (including phenoxy) is 2. The Hall–Kier alpha value is -1.36. The fourth-order valence-corrected chi connectivity index (χ4v) is 2.15. The minimum Gasteiger partial charge on any atom is -0.459 e. The lowest BCUT2D eigenvalue weighted by molar-refractivity contribution is 0.0614. The molecule has 0 amide bonds. The molecule has 1 aromatic carbocycles. The number of rotatable bonds is 9. The van der Waals surface area contributed by atoms with Crippen molar-refractivity contribution in [2.75, 3.05) is 26.9 Å². The van der Waals surface area contributed by atoms with Crippen LogP contribution in [0.2, 0.25) is 0 Å². The quantitative estimate of drug-likeness (QED) is 0.715. The lowest BCUT2D eigenvalue weighted by Gasteiger charge is -2.06. The van der Waals surface area contributed by atoms with Crippen molar-refractivity contribution in [2.24, 2.45) is 0 Å². The maximum Gasteiger partial charge on any atom is 0.134 e. The number of nitrogens with one attached hydrogen (secondary N) is 1. The van der Waals surface area contributed by atoms with Crippen LogP contribution < -0.4 is 5.32 Å². The van der Waals surface area contributed by atoms with Gasteiger partial charge in [-0.15, -0.1) is 0 Å². The molecule has 0 spiro atoms. The van der Waals surface area contributed by atoms with Crippen LogP contribution in [-0.4, -0.2) is 26.9 Å². The fraction of sp³-hybridized carbons (Fsp3) is 0.500. The van der Waals surface area contributed by atoms with Crippen LogP contribution in [0, 0.1) is 0 Å². The summed E-state index contributed by atoms with van der Waals surface area (Å²) in [5.41, 5.74) is 2.06. The highest BCUT2D eigenvalue weighted by Crippen LogP contribution is 2.26. The van der Waals surface area contributed by atoms with E-state index in [1.807, 2.05) is 18.2 Å². The Morgan fingerprint density at radius 2 is 2.05 bits per heavy atom. The van der Waals surface area contributed by atoms with E-state index in [0.29, 0.717) is 19.8 Å². The second-order valence-corrected chi connectivity index (χ2v) is 4.72. The van der Waals surface area contributed by atoms with Gasteiger partial charge in [0.2, 0.25) is 0 Å². The molecule has 0 atom stereocenters. The predicted octanol–water partition coefficient (Wildman–Crippen LogP) is 3.10. The van der Waals surface area contributed by atoms with Crippen molar-refractivity contribution in [3.63, 3.8) is 0 Å². The van der Waals surface area contributed by atoms with Gasteiger partial charge in [-0.1, -0.05) is 25.1 Å². The van der Waals surface area contributed by atoms with E-state index in [-0.39, 0.29) is 0 Å². The summed E-state index contributed by atoms with van der Waals surface area (Å²) in [6.45, 7) is 5.65. The van der Waals surface area contributed by atoms with Gasteiger partial charge in [-0.05, 0) is 19.0 Å². The highest BCUT2D eigenvalue weighted by molar-refractivity contribution is 5.82. The van der Waals surface area contributed by atoms with Crippen LogP contribution in [0.25, 0.3) is 11.0 Å². The van der Waals surface area contributed by atoms with Gasteiger partial charge in [0, 0.05) is 18.1 Å². The molecule has 0 bridgehead atoms. The molecule has 0 unspecified atom stereocenters. The Kier molecular flexibility index (Phi) is 6.05. The number of furan rings is 1. The largest absolute Gasteiger partial charge is 0.459 e. The second-order valence-electron chi connectivity index (χ2n) is 4.72. The highest BCUT2D eigenvalue weighted by Gasteiger charge is 2.13. The van der Waals surface area contributed by atoms with Crippen molar-refractivity contribution in [1.29, 1.82) is 0 Å². The van der Waals surface area contributed by atoms with Gasteiger partial charge in [-0.25, -0.2) is 0 Å². The summed E-state index contributed by atoms with van der Waals surface area (Å²) in [6, 6.07) is 8.10. The number of methoxy groups -OCH3 is 1. The average molecular weight is 277 g/mol. The zero-order valence-corrected chi connectivity index (χ0v) is 12.3. The van der Waals surface area contributed by atoms with Gasteiger partial charge in [-0.3, -0.25) is 0 Å². The van der Waals surface area contributed by atoms with Crippen molar-refractivity contribution < 1.29 is 13.9 Å². The maximum atomic E-state index is 5.93. The molecule has 0 saturated heterocycles. The maximum absolute atomic E-state index is 5.93. The normalized spacial score (nSPS) is 11.3. The van der Waals surface area contributed by atoms with E-state index < -0.39 is 0 Å². The first-order valence-corrected chi connectivity index (χ1v) is 7.13. The van der Waals surface area contributed by atoms with E-state index in [1.165, 1.54) is 0 Å². The van der Waals surface area contributed by atoms with Crippen LogP contribution in [0.5, 0.6) is 0 Å². The topological polar surface area (TPSA) is 43.6 Å². The van der Waals surface area contributed by atoms with Crippen molar-refractivity contribution in [1.82, 2.24) is 5.32 Å². The second kappa shape index (κ2) is 8.04. The van der Waals surface area contributed by atoms with Crippen LogP contribution in [-0.2, 0) is 22.6 Å². The zero-order valence-electron chi connectivity index (χ0n) is 12.3.